The highest BCUT2D eigenvalue weighted by molar-refractivity contribution is 7.92. The molecule has 0 aromatic heterocycles. The van der Waals surface area contributed by atoms with E-state index in [1.54, 1.807) is 4.90 Å². The normalized spacial score (nSPS) is 21.8. The highest BCUT2D eigenvalue weighted by Gasteiger charge is 2.32. The van der Waals surface area contributed by atoms with Crippen LogP contribution in [-0.2, 0) is 19.4 Å². The number of piperazine rings is 1. The van der Waals surface area contributed by atoms with Gasteiger partial charge in [0.2, 0.25) is 11.8 Å². The van der Waals surface area contributed by atoms with E-state index < -0.39 is 15.6 Å². The lowest BCUT2D eigenvalue weighted by atomic mass is 10.0. The monoisotopic (exact) mass is 395 g/mol. The minimum absolute atomic E-state index is 0. The van der Waals surface area contributed by atoms with Crippen molar-refractivity contribution in [3.63, 3.8) is 0 Å². The number of carbonyl (C=O) groups excluding carboxylic acids is 2. The van der Waals surface area contributed by atoms with E-state index in [2.05, 4.69) is 5.32 Å². The van der Waals surface area contributed by atoms with Crippen LogP contribution in [0.2, 0.25) is 0 Å². The number of unbranched alkanes of at least 4 members (excludes halogenated alkanes) is 2. The van der Waals surface area contributed by atoms with E-state index >= 15 is 0 Å². The largest absolute Gasteiger partial charge is 0.340 e. The summed E-state index contributed by atoms with van der Waals surface area (Å²) in [6, 6.07) is 0.0140. The number of sulfone groups is 1. The molecule has 2 fully saturated rings. The fourth-order valence-corrected chi connectivity index (χ4v) is 4.71. The van der Waals surface area contributed by atoms with Crippen LogP contribution in [0.1, 0.15) is 39.0 Å². The average Bonchev–Trinajstić information content (AvgIpc) is 2.55. The molecule has 0 aromatic rings. The van der Waals surface area contributed by atoms with Crippen LogP contribution in [0.25, 0.3) is 0 Å². The second-order valence-corrected chi connectivity index (χ2v) is 8.88. The van der Waals surface area contributed by atoms with E-state index in [4.69, 9.17) is 0 Å². The van der Waals surface area contributed by atoms with Gasteiger partial charge in [-0.1, -0.05) is 19.8 Å². The smallest absolute Gasteiger partial charge is 0.237 e. The van der Waals surface area contributed by atoms with Crippen molar-refractivity contribution >= 4 is 34.1 Å². The number of rotatable bonds is 7. The summed E-state index contributed by atoms with van der Waals surface area (Å²) in [5.41, 5.74) is 0. The van der Waals surface area contributed by atoms with Gasteiger partial charge in [-0.25, -0.2) is 8.42 Å². The summed E-state index contributed by atoms with van der Waals surface area (Å²) in [7, 11) is -3.34. The van der Waals surface area contributed by atoms with Crippen molar-refractivity contribution in [2.45, 2.75) is 45.1 Å². The van der Waals surface area contributed by atoms with Gasteiger partial charge in [0.25, 0.3) is 0 Å². The Kier molecular flexibility index (Phi) is 9.16. The minimum Gasteiger partial charge on any atom is -0.340 e. The quantitative estimate of drug-likeness (QED) is 0.632. The van der Waals surface area contributed by atoms with Crippen molar-refractivity contribution in [3.05, 3.63) is 0 Å². The fraction of sp³-hybridized carbons (Fsp3) is 0.875. The van der Waals surface area contributed by atoms with Crippen molar-refractivity contribution in [2.24, 2.45) is 0 Å². The lowest BCUT2D eigenvalue weighted by Crippen LogP contribution is -2.58. The number of nitrogens with zero attached hydrogens (tertiary/aromatic N) is 2. The Labute approximate surface area is 156 Å². The van der Waals surface area contributed by atoms with Crippen LogP contribution in [0, 0.1) is 0 Å². The summed E-state index contributed by atoms with van der Waals surface area (Å²) in [5, 5.41) is 3.04. The van der Waals surface area contributed by atoms with Crippen LogP contribution in [0.3, 0.4) is 0 Å². The standard InChI is InChI=1S/C16H29N3O4S.ClH/c1-2-3-4-10-24(22,23)13-16(21)18-8-5-6-14(12-18)19-9-7-17-11-15(19)20;/h14,17H,2-13H2,1H3;1H. The number of halogens is 1. The molecule has 0 radical (unpaired) electrons. The SMILES string of the molecule is CCCCCS(=O)(=O)CC(=O)N1CCCC(N2CCNCC2=O)C1.Cl. The van der Waals surface area contributed by atoms with Gasteiger partial charge in [0.1, 0.15) is 5.75 Å². The maximum absolute atomic E-state index is 12.4. The van der Waals surface area contributed by atoms with Crippen molar-refractivity contribution in [2.75, 3.05) is 44.2 Å². The van der Waals surface area contributed by atoms with Crippen LogP contribution >= 0.6 is 12.4 Å². The first kappa shape index (κ1) is 22.2. The molecular weight excluding hydrogens is 366 g/mol. The summed E-state index contributed by atoms with van der Waals surface area (Å²) in [6.07, 6.45) is 4.12. The van der Waals surface area contributed by atoms with E-state index in [9.17, 15) is 18.0 Å². The Morgan fingerprint density at radius 3 is 2.72 bits per heavy atom. The highest BCUT2D eigenvalue weighted by Crippen LogP contribution is 2.17. The summed E-state index contributed by atoms with van der Waals surface area (Å²) in [6.45, 7) is 4.82. The third-order valence-electron chi connectivity index (χ3n) is 4.72. The first-order valence-electron chi connectivity index (χ1n) is 8.91. The molecule has 7 nitrogen and oxygen atoms in total. The average molecular weight is 396 g/mol. The minimum atomic E-state index is -3.34. The van der Waals surface area contributed by atoms with Gasteiger partial charge in [-0.2, -0.15) is 0 Å². The van der Waals surface area contributed by atoms with Crippen molar-refractivity contribution in [1.29, 1.82) is 0 Å². The van der Waals surface area contributed by atoms with Crippen LogP contribution < -0.4 is 5.32 Å². The molecule has 0 aromatic carbocycles. The van der Waals surface area contributed by atoms with Gasteiger partial charge in [-0.3, -0.25) is 9.59 Å². The Morgan fingerprint density at radius 1 is 1.28 bits per heavy atom. The Bertz CT molecular complexity index is 556. The van der Waals surface area contributed by atoms with Gasteiger partial charge in [-0.05, 0) is 19.3 Å². The maximum atomic E-state index is 12.4. The van der Waals surface area contributed by atoms with E-state index in [0.29, 0.717) is 32.6 Å². The summed E-state index contributed by atoms with van der Waals surface area (Å²) in [5.74, 6) is -0.578. The fourth-order valence-electron chi connectivity index (χ4n) is 3.37. The second kappa shape index (κ2) is 10.3. The summed E-state index contributed by atoms with van der Waals surface area (Å²) >= 11 is 0. The van der Waals surface area contributed by atoms with Gasteiger partial charge in [0, 0.05) is 32.2 Å². The predicted octanol–water partition coefficient (Wildman–Crippen LogP) is 0.436. The molecule has 0 saturated carbocycles. The van der Waals surface area contributed by atoms with Crippen LogP contribution in [0.15, 0.2) is 0 Å². The molecule has 1 atom stereocenters. The molecule has 2 rings (SSSR count). The number of nitrogens with one attached hydrogen (secondary N) is 1. The molecule has 2 saturated heterocycles. The molecule has 1 N–H and O–H groups in total. The van der Waals surface area contributed by atoms with Gasteiger partial charge in [-0.15, -0.1) is 12.4 Å². The van der Waals surface area contributed by atoms with Gasteiger partial charge in [0.05, 0.1) is 12.3 Å². The molecule has 2 amide bonds. The molecule has 2 aliphatic rings. The third-order valence-corrected chi connectivity index (χ3v) is 6.32. The number of piperidine rings is 1. The van der Waals surface area contributed by atoms with E-state index in [1.165, 1.54) is 0 Å². The molecular formula is C16H30ClN3O4S. The lowest BCUT2D eigenvalue weighted by Gasteiger charge is -2.41. The molecule has 2 aliphatic heterocycles. The third kappa shape index (κ3) is 6.75. The number of likely N-dealkylation sites (tertiary alicyclic amines) is 1. The van der Waals surface area contributed by atoms with E-state index in [0.717, 1.165) is 32.2 Å². The van der Waals surface area contributed by atoms with Crippen LogP contribution in [-0.4, -0.2) is 80.3 Å². The van der Waals surface area contributed by atoms with Crippen LogP contribution in [0.5, 0.6) is 0 Å². The summed E-state index contributed by atoms with van der Waals surface area (Å²) in [4.78, 5) is 27.9. The van der Waals surface area contributed by atoms with Crippen LogP contribution in [0.4, 0.5) is 0 Å². The van der Waals surface area contributed by atoms with Crippen molar-refractivity contribution in [1.82, 2.24) is 15.1 Å². The molecule has 0 aliphatic carbocycles. The summed E-state index contributed by atoms with van der Waals surface area (Å²) < 4.78 is 24.1. The highest BCUT2D eigenvalue weighted by atomic mass is 35.5. The lowest BCUT2D eigenvalue weighted by molar-refractivity contribution is -0.139. The maximum Gasteiger partial charge on any atom is 0.237 e. The Morgan fingerprint density at radius 2 is 2.04 bits per heavy atom. The van der Waals surface area contributed by atoms with E-state index in [1.807, 2.05) is 11.8 Å². The molecule has 2 heterocycles. The molecule has 0 spiro atoms. The molecule has 1 unspecified atom stereocenters. The predicted molar refractivity (Wildman–Crippen MR) is 99.6 cm³/mol. The molecule has 146 valence electrons. The Hall–Kier alpha value is -0.860. The number of carbonyl (C=O) groups is 2. The van der Waals surface area contributed by atoms with Gasteiger partial charge >= 0.3 is 0 Å². The number of amides is 2. The van der Waals surface area contributed by atoms with Crippen molar-refractivity contribution in [3.8, 4) is 0 Å². The van der Waals surface area contributed by atoms with Gasteiger partial charge < -0.3 is 15.1 Å². The first-order valence-corrected chi connectivity index (χ1v) is 10.7. The van der Waals surface area contributed by atoms with Gasteiger partial charge in [0.15, 0.2) is 9.84 Å². The topological polar surface area (TPSA) is 86.8 Å². The number of hydrogen-bond acceptors (Lipinski definition) is 5. The zero-order valence-corrected chi connectivity index (χ0v) is 16.5. The van der Waals surface area contributed by atoms with Crippen molar-refractivity contribution < 1.29 is 18.0 Å². The molecule has 0 bridgehead atoms. The Balaban J connectivity index is 0.00000312. The molecule has 9 heteroatoms. The second-order valence-electron chi connectivity index (χ2n) is 6.70. The first-order chi connectivity index (χ1) is 11.4. The van der Waals surface area contributed by atoms with E-state index in [-0.39, 0.29) is 36.0 Å². The number of hydrogen-bond donors (Lipinski definition) is 1. The zero-order chi connectivity index (χ0) is 17.6. The zero-order valence-electron chi connectivity index (χ0n) is 14.9. The molecule has 25 heavy (non-hydrogen) atoms.